The number of ether oxygens (including phenoxy) is 1. The largest absolute Gasteiger partial charge is 0.488 e. The van der Waals surface area contributed by atoms with Gasteiger partial charge in [0.15, 0.2) is 0 Å². The number of hydrogen-bond acceptors (Lipinski definition) is 4. The van der Waals surface area contributed by atoms with Gasteiger partial charge in [-0.15, -0.1) is 0 Å². The van der Waals surface area contributed by atoms with E-state index in [-0.39, 0.29) is 0 Å². The van der Waals surface area contributed by atoms with E-state index >= 15 is 0 Å². The predicted molar refractivity (Wildman–Crippen MR) is 131 cm³/mol. The maximum absolute atomic E-state index is 6.22. The van der Waals surface area contributed by atoms with E-state index in [4.69, 9.17) is 4.74 Å². The molecule has 1 aliphatic heterocycles. The Morgan fingerprint density at radius 1 is 0.935 bits per heavy atom. The Kier molecular flexibility index (Phi) is 8.53. The summed E-state index contributed by atoms with van der Waals surface area (Å²) in [6.45, 7) is 12.7. The number of likely N-dealkylation sites (N-methyl/N-ethyl adjacent to an activating group) is 2. The Balaban J connectivity index is 1.51. The quantitative estimate of drug-likeness (QED) is 0.584. The van der Waals surface area contributed by atoms with Gasteiger partial charge in [-0.3, -0.25) is 0 Å². The third-order valence-corrected chi connectivity index (χ3v) is 6.75. The van der Waals surface area contributed by atoms with Crippen molar-refractivity contribution in [2.75, 3.05) is 47.3 Å². The van der Waals surface area contributed by atoms with Gasteiger partial charge in [-0.05, 0) is 95.7 Å². The predicted octanol–water partition coefficient (Wildman–Crippen LogP) is 4.65. The lowest BCUT2D eigenvalue weighted by Crippen LogP contribution is -2.44. The number of likely N-dealkylation sites (tertiary alicyclic amines) is 1. The maximum Gasteiger partial charge on any atom is 0.125 e. The molecule has 4 nitrogen and oxygen atoms in total. The summed E-state index contributed by atoms with van der Waals surface area (Å²) in [6, 6.07) is 13.8. The van der Waals surface area contributed by atoms with E-state index in [1.807, 2.05) is 0 Å². The monoisotopic (exact) mass is 423 g/mol. The van der Waals surface area contributed by atoms with Crippen LogP contribution >= 0.6 is 0 Å². The van der Waals surface area contributed by atoms with Gasteiger partial charge in [0.05, 0.1) is 0 Å². The van der Waals surface area contributed by atoms with Crippen LogP contribution in [0.15, 0.2) is 36.4 Å². The fourth-order valence-electron chi connectivity index (χ4n) is 4.62. The van der Waals surface area contributed by atoms with Crippen molar-refractivity contribution in [2.24, 2.45) is 0 Å². The highest BCUT2D eigenvalue weighted by molar-refractivity contribution is 5.43. The average molecular weight is 424 g/mol. The van der Waals surface area contributed by atoms with Crippen LogP contribution in [0, 0.1) is 20.8 Å². The molecule has 0 bridgehead atoms. The molecular weight excluding hydrogens is 382 g/mol. The molecule has 2 aromatic carbocycles. The molecule has 1 aliphatic rings. The molecule has 0 atom stereocenters. The summed E-state index contributed by atoms with van der Waals surface area (Å²) in [5, 5.41) is 0. The van der Waals surface area contributed by atoms with Crippen molar-refractivity contribution < 1.29 is 4.74 Å². The summed E-state index contributed by atoms with van der Waals surface area (Å²) < 4.78 is 6.22. The zero-order valence-electron chi connectivity index (χ0n) is 20.4. The van der Waals surface area contributed by atoms with Crippen LogP contribution in [0.4, 0.5) is 0 Å². The number of benzene rings is 2. The molecule has 0 unspecified atom stereocenters. The van der Waals surface area contributed by atoms with Gasteiger partial charge in [0.25, 0.3) is 0 Å². The summed E-state index contributed by atoms with van der Waals surface area (Å²) >= 11 is 0. The van der Waals surface area contributed by atoms with Gasteiger partial charge in [-0.1, -0.05) is 36.4 Å². The van der Waals surface area contributed by atoms with Crippen LogP contribution in [0.5, 0.6) is 5.75 Å². The van der Waals surface area contributed by atoms with Crippen LogP contribution in [0.2, 0.25) is 0 Å². The Labute approximate surface area is 189 Å². The standard InChI is InChI=1S/C27H41N3O/c1-21-9-7-8-10-25(21)20-31-27-22(2)17-24(18-23(27)3)19-29(5)15-16-30(6)26-11-13-28(4)14-12-26/h7-10,17-18,26H,11-16,19-20H2,1-6H3. The van der Waals surface area contributed by atoms with Gasteiger partial charge >= 0.3 is 0 Å². The molecule has 0 N–H and O–H groups in total. The molecule has 0 amide bonds. The van der Waals surface area contributed by atoms with E-state index in [9.17, 15) is 0 Å². The van der Waals surface area contributed by atoms with Crippen LogP contribution in [0.25, 0.3) is 0 Å². The first-order chi connectivity index (χ1) is 14.8. The number of nitrogens with zero attached hydrogens (tertiary/aromatic N) is 3. The second-order valence-electron chi connectivity index (χ2n) is 9.53. The minimum Gasteiger partial charge on any atom is -0.488 e. The van der Waals surface area contributed by atoms with Gasteiger partial charge in [0.1, 0.15) is 12.4 Å². The van der Waals surface area contributed by atoms with E-state index in [0.29, 0.717) is 6.61 Å². The lowest BCUT2D eigenvalue weighted by atomic mass is 10.0. The average Bonchev–Trinajstić information content (AvgIpc) is 2.73. The molecule has 0 spiro atoms. The molecule has 4 heteroatoms. The fraction of sp³-hybridized carbons (Fsp3) is 0.556. The molecule has 1 heterocycles. The topological polar surface area (TPSA) is 19.0 Å². The van der Waals surface area contributed by atoms with Crippen molar-refractivity contribution in [3.05, 3.63) is 64.2 Å². The van der Waals surface area contributed by atoms with Crippen molar-refractivity contribution >= 4 is 0 Å². The smallest absolute Gasteiger partial charge is 0.125 e. The number of rotatable bonds is 9. The SMILES string of the molecule is Cc1ccccc1COc1c(C)cc(CN(C)CCN(C)C2CCN(C)CC2)cc1C. The minimum atomic E-state index is 0.622. The van der Waals surface area contributed by atoms with Gasteiger partial charge in [0, 0.05) is 25.7 Å². The zero-order chi connectivity index (χ0) is 22.4. The molecule has 0 aromatic heterocycles. The highest BCUT2D eigenvalue weighted by atomic mass is 16.5. The fourth-order valence-corrected chi connectivity index (χ4v) is 4.62. The lowest BCUT2D eigenvalue weighted by molar-refractivity contribution is 0.132. The molecule has 0 aliphatic carbocycles. The molecule has 31 heavy (non-hydrogen) atoms. The molecule has 170 valence electrons. The summed E-state index contributed by atoms with van der Waals surface area (Å²) in [6.07, 6.45) is 2.58. The van der Waals surface area contributed by atoms with Crippen LogP contribution in [0.3, 0.4) is 0 Å². The van der Waals surface area contributed by atoms with Crippen molar-refractivity contribution in [2.45, 2.75) is 52.8 Å². The Morgan fingerprint density at radius 2 is 1.58 bits per heavy atom. The van der Waals surface area contributed by atoms with Gasteiger partial charge in [-0.2, -0.15) is 0 Å². The van der Waals surface area contributed by atoms with Crippen LogP contribution < -0.4 is 4.74 Å². The van der Waals surface area contributed by atoms with Crippen LogP contribution in [-0.2, 0) is 13.2 Å². The van der Waals surface area contributed by atoms with E-state index in [1.165, 1.54) is 53.7 Å². The third kappa shape index (κ3) is 6.80. The Morgan fingerprint density at radius 3 is 2.23 bits per heavy atom. The summed E-state index contributed by atoms with van der Waals surface area (Å²) in [4.78, 5) is 7.44. The van der Waals surface area contributed by atoms with Gasteiger partial charge in [0.2, 0.25) is 0 Å². The van der Waals surface area contributed by atoms with Crippen molar-refractivity contribution in [1.29, 1.82) is 0 Å². The first kappa shape index (κ1) is 23.8. The first-order valence-corrected chi connectivity index (χ1v) is 11.7. The van der Waals surface area contributed by atoms with Crippen LogP contribution in [-0.4, -0.2) is 68.1 Å². The van der Waals surface area contributed by atoms with E-state index in [0.717, 1.165) is 31.4 Å². The van der Waals surface area contributed by atoms with Crippen molar-refractivity contribution in [1.82, 2.24) is 14.7 Å². The molecule has 0 saturated carbocycles. The molecule has 3 rings (SSSR count). The summed E-state index contributed by atoms with van der Waals surface area (Å²) in [5.74, 6) is 1.02. The molecule has 0 radical (unpaired) electrons. The van der Waals surface area contributed by atoms with Crippen molar-refractivity contribution in [3.63, 3.8) is 0 Å². The summed E-state index contributed by atoms with van der Waals surface area (Å²) in [5.41, 5.74) is 6.34. The zero-order valence-corrected chi connectivity index (χ0v) is 20.4. The second kappa shape index (κ2) is 11.1. The molecular formula is C27H41N3O. The lowest BCUT2D eigenvalue weighted by Gasteiger charge is -2.35. The van der Waals surface area contributed by atoms with Gasteiger partial charge in [-0.25, -0.2) is 0 Å². The molecule has 1 saturated heterocycles. The van der Waals surface area contributed by atoms with E-state index in [1.54, 1.807) is 0 Å². The summed E-state index contributed by atoms with van der Waals surface area (Å²) in [7, 11) is 6.75. The second-order valence-corrected chi connectivity index (χ2v) is 9.53. The highest BCUT2D eigenvalue weighted by Gasteiger charge is 2.20. The Hall–Kier alpha value is -1.88. The molecule has 1 fully saturated rings. The third-order valence-electron chi connectivity index (χ3n) is 6.75. The van der Waals surface area contributed by atoms with E-state index in [2.05, 4.69) is 93.0 Å². The number of aryl methyl sites for hydroxylation is 3. The van der Waals surface area contributed by atoms with Crippen molar-refractivity contribution in [3.8, 4) is 5.75 Å². The highest BCUT2D eigenvalue weighted by Crippen LogP contribution is 2.27. The van der Waals surface area contributed by atoms with Gasteiger partial charge < -0.3 is 19.4 Å². The maximum atomic E-state index is 6.22. The van der Waals surface area contributed by atoms with E-state index < -0.39 is 0 Å². The Bertz CT molecular complexity index is 819. The normalized spacial score (nSPS) is 15.7. The minimum absolute atomic E-state index is 0.622. The van der Waals surface area contributed by atoms with Crippen LogP contribution in [0.1, 0.15) is 40.7 Å². The molecule has 2 aromatic rings. The number of hydrogen-bond donors (Lipinski definition) is 0. The number of piperidine rings is 1. The first-order valence-electron chi connectivity index (χ1n) is 11.7.